The van der Waals surface area contributed by atoms with Crippen molar-refractivity contribution < 1.29 is 0 Å². The normalized spacial score (nSPS) is 17.3. The van der Waals surface area contributed by atoms with Crippen molar-refractivity contribution in [2.75, 3.05) is 13.1 Å². The molecular formula is C17H25N5. The molecule has 0 bridgehead atoms. The SMILES string of the molecule is Cc1[nH]ncc1-c1nccnc1CC1CCN(C(C)C)CC1. The van der Waals surface area contributed by atoms with Gasteiger partial charge in [-0.3, -0.25) is 15.1 Å². The van der Waals surface area contributed by atoms with Crippen molar-refractivity contribution >= 4 is 0 Å². The van der Waals surface area contributed by atoms with Gasteiger partial charge in [0.25, 0.3) is 0 Å². The molecule has 0 radical (unpaired) electrons. The highest BCUT2D eigenvalue weighted by atomic mass is 15.1. The summed E-state index contributed by atoms with van der Waals surface area (Å²) in [5.74, 6) is 0.706. The smallest absolute Gasteiger partial charge is 0.0951 e. The van der Waals surface area contributed by atoms with Crippen molar-refractivity contribution in [3.8, 4) is 11.3 Å². The van der Waals surface area contributed by atoms with Crippen LogP contribution in [0.3, 0.4) is 0 Å². The van der Waals surface area contributed by atoms with Gasteiger partial charge in [-0.15, -0.1) is 0 Å². The van der Waals surface area contributed by atoms with Crippen LogP contribution in [-0.2, 0) is 6.42 Å². The molecule has 5 nitrogen and oxygen atoms in total. The molecule has 0 aromatic carbocycles. The standard InChI is InChI=1S/C17H25N5/c1-12(2)22-8-4-14(5-9-22)10-16-17(19-7-6-18-16)15-11-20-21-13(15)3/h6-7,11-12,14H,4-5,8-10H2,1-3H3,(H,20,21). The average Bonchev–Trinajstić information content (AvgIpc) is 2.94. The van der Waals surface area contributed by atoms with Crippen molar-refractivity contribution in [3.05, 3.63) is 30.0 Å². The van der Waals surface area contributed by atoms with Gasteiger partial charge in [-0.2, -0.15) is 5.10 Å². The number of hydrogen-bond acceptors (Lipinski definition) is 4. The molecule has 2 aromatic heterocycles. The fourth-order valence-corrected chi connectivity index (χ4v) is 3.28. The van der Waals surface area contributed by atoms with Gasteiger partial charge in [-0.1, -0.05) is 0 Å². The monoisotopic (exact) mass is 299 g/mol. The summed E-state index contributed by atoms with van der Waals surface area (Å²) in [7, 11) is 0. The predicted molar refractivity (Wildman–Crippen MR) is 87.5 cm³/mol. The van der Waals surface area contributed by atoms with Crippen molar-refractivity contribution in [1.29, 1.82) is 0 Å². The summed E-state index contributed by atoms with van der Waals surface area (Å²) in [5.41, 5.74) is 4.22. The fraction of sp³-hybridized carbons (Fsp3) is 0.588. The molecule has 118 valence electrons. The molecule has 0 spiro atoms. The van der Waals surface area contributed by atoms with E-state index in [2.05, 4.69) is 38.9 Å². The number of hydrogen-bond donors (Lipinski definition) is 1. The molecule has 0 aliphatic carbocycles. The third kappa shape index (κ3) is 3.19. The van der Waals surface area contributed by atoms with Crippen LogP contribution in [0.15, 0.2) is 18.6 Å². The zero-order valence-electron chi connectivity index (χ0n) is 13.7. The molecule has 1 N–H and O–H groups in total. The first kappa shape index (κ1) is 15.2. The molecule has 5 heteroatoms. The molecule has 0 amide bonds. The van der Waals surface area contributed by atoms with Gasteiger partial charge in [-0.25, -0.2) is 0 Å². The number of aryl methyl sites for hydroxylation is 1. The molecule has 0 atom stereocenters. The molecule has 1 saturated heterocycles. The summed E-state index contributed by atoms with van der Waals surface area (Å²) in [5, 5.41) is 7.11. The lowest BCUT2D eigenvalue weighted by molar-refractivity contribution is 0.149. The van der Waals surface area contributed by atoms with Crippen LogP contribution in [0.25, 0.3) is 11.3 Å². The minimum absolute atomic E-state index is 0.654. The summed E-state index contributed by atoms with van der Waals surface area (Å²) >= 11 is 0. The van der Waals surface area contributed by atoms with Gasteiger partial charge < -0.3 is 4.90 Å². The van der Waals surface area contributed by atoms with Crippen LogP contribution in [0.4, 0.5) is 0 Å². The van der Waals surface area contributed by atoms with Gasteiger partial charge >= 0.3 is 0 Å². The van der Waals surface area contributed by atoms with Crippen LogP contribution in [0.5, 0.6) is 0 Å². The number of aromatic nitrogens is 4. The van der Waals surface area contributed by atoms with Gasteiger partial charge in [0.15, 0.2) is 0 Å². The zero-order valence-corrected chi connectivity index (χ0v) is 13.7. The molecule has 1 aliphatic rings. The molecular weight excluding hydrogens is 274 g/mol. The first-order valence-corrected chi connectivity index (χ1v) is 8.19. The van der Waals surface area contributed by atoms with Gasteiger partial charge in [0.2, 0.25) is 0 Å². The van der Waals surface area contributed by atoms with Gasteiger partial charge in [0.05, 0.1) is 17.6 Å². The Morgan fingerprint density at radius 1 is 1.23 bits per heavy atom. The Bertz CT molecular complexity index is 611. The number of nitrogens with zero attached hydrogens (tertiary/aromatic N) is 4. The van der Waals surface area contributed by atoms with Gasteiger partial charge in [-0.05, 0) is 59.0 Å². The minimum Gasteiger partial charge on any atom is -0.301 e. The quantitative estimate of drug-likeness (QED) is 0.943. The maximum absolute atomic E-state index is 4.61. The third-order valence-corrected chi connectivity index (χ3v) is 4.72. The number of rotatable bonds is 4. The zero-order chi connectivity index (χ0) is 15.5. The molecule has 0 unspecified atom stereocenters. The first-order chi connectivity index (χ1) is 10.6. The average molecular weight is 299 g/mol. The van der Waals surface area contributed by atoms with Crippen LogP contribution in [0, 0.1) is 12.8 Å². The van der Waals surface area contributed by atoms with E-state index >= 15 is 0 Å². The Balaban J connectivity index is 1.73. The van der Waals surface area contributed by atoms with Crippen molar-refractivity contribution in [2.45, 2.75) is 46.1 Å². The van der Waals surface area contributed by atoms with Crippen LogP contribution in [0.1, 0.15) is 38.1 Å². The Kier molecular flexibility index (Phi) is 4.52. The Morgan fingerprint density at radius 2 is 1.95 bits per heavy atom. The van der Waals surface area contributed by atoms with Crippen molar-refractivity contribution in [3.63, 3.8) is 0 Å². The van der Waals surface area contributed by atoms with E-state index in [-0.39, 0.29) is 0 Å². The highest BCUT2D eigenvalue weighted by Gasteiger charge is 2.23. The van der Waals surface area contributed by atoms with Crippen LogP contribution < -0.4 is 0 Å². The topological polar surface area (TPSA) is 57.7 Å². The number of aromatic amines is 1. The summed E-state index contributed by atoms with van der Waals surface area (Å²) in [6, 6.07) is 0.654. The maximum Gasteiger partial charge on any atom is 0.0951 e. The number of H-pyrrole nitrogens is 1. The summed E-state index contributed by atoms with van der Waals surface area (Å²) in [6.45, 7) is 8.98. The van der Waals surface area contributed by atoms with E-state index in [9.17, 15) is 0 Å². The summed E-state index contributed by atoms with van der Waals surface area (Å²) < 4.78 is 0. The second-order valence-electron chi connectivity index (χ2n) is 6.54. The third-order valence-electron chi connectivity index (χ3n) is 4.72. The van der Waals surface area contributed by atoms with E-state index in [1.807, 2.05) is 13.1 Å². The lowest BCUT2D eigenvalue weighted by Crippen LogP contribution is -2.38. The highest BCUT2D eigenvalue weighted by Crippen LogP contribution is 2.27. The fourth-order valence-electron chi connectivity index (χ4n) is 3.28. The molecule has 2 aromatic rings. The van der Waals surface area contributed by atoms with E-state index in [0.29, 0.717) is 12.0 Å². The van der Waals surface area contributed by atoms with E-state index < -0.39 is 0 Å². The van der Waals surface area contributed by atoms with E-state index in [4.69, 9.17) is 0 Å². The maximum atomic E-state index is 4.61. The second kappa shape index (κ2) is 6.57. The predicted octanol–water partition coefficient (Wildman–Crippen LogP) is 2.84. The lowest BCUT2D eigenvalue weighted by Gasteiger charge is -2.34. The van der Waals surface area contributed by atoms with Crippen LogP contribution in [0.2, 0.25) is 0 Å². The van der Waals surface area contributed by atoms with Gasteiger partial charge in [0, 0.05) is 29.7 Å². The van der Waals surface area contributed by atoms with Crippen LogP contribution in [-0.4, -0.2) is 44.2 Å². The summed E-state index contributed by atoms with van der Waals surface area (Å²) in [4.78, 5) is 11.7. The second-order valence-corrected chi connectivity index (χ2v) is 6.54. The first-order valence-electron chi connectivity index (χ1n) is 8.19. The number of piperidine rings is 1. The minimum atomic E-state index is 0.654. The molecule has 3 heterocycles. The lowest BCUT2D eigenvalue weighted by atomic mass is 9.90. The highest BCUT2D eigenvalue weighted by molar-refractivity contribution is 5.62. The molecule has 22 heavy (non-hydrogen) atoms. The van der Waals surface area contributed by atoms with E-state index in [1.165, 1.54) is 25.9 Å². The summed E-state index contributed by atoms with van der Waals surface area (Å²) in [6.07, 6.45) is 8.94. The largest absolute Gasteiger partial charge is 0.301 e. The number of likely N-dealkylation sites (tertiary alicyclic amines) is 1. The van der Waals surface area contributed by atoms with Crippen LogP contribution >= 0.6 is 0 Å². The molecule has 0 saturated carbocycles. The number of nitrogens with one attached hydrogen (secondary N) is 1. The van der Waals surface area contributed by atoms with Crippen molar-refractivity contribution in [1.82, 2.24) is 25.1 Å². The van der Waals surface area contributed by atoms with Gasteiger partial charge in [0.1, 0.15) is 0 Å². The Labute approximate surface area is 132 Å². The van der Waals surface area contributed by atoms with E-state index in [0.717, 1.165) is 29.1 Å². The molecule has 1 aliphatic heterocycles. The van der Waals surface area contributed by atoms with Crippen molar-refractivity contribution in [2.24, 2.45) is 5.92 Å². The van der Waals surface area contributed by atoms with E-state index in [1.54, 1.807) is 12.4 Å². The Morgan fingerprint density at radius 3 is 2.59 bits per heavy atom. The Hall–Kier alpha value is -1.75. The molecule has 1 fully saturated rings. The molecule has 3 rings (SSSR count).